The first kappa shape index (κ1) is 19.7. The van der Waals surface area contributed by atoms with Crippen molar-refractivity contribution < 1.29 is 29.6 Å². The van der Waals surface area contributed by atoms with Gasteiger partial charge in [-0.25, -0.2) is 0 Å². The highest BCUT2D eigenvalue weighted by molar-refractivity contribution is 6.02. The van der Waals surface area contributed by atoms with E-state index < -0.39 is 5.78 Å². The number of hydrogen-bond donors (Lipinski definition) is 1. The fourth-order valence-electron chi connectivity index (χ4n) is 2.18. The molecule has 0 unspecified atom stereocenters. The summed E-state index contributed by atoms with van der Waals surface area (Å²) < 4.78 is 9.87. The lowest BCUT2D eigenvalue weighted by Gasteiger charge is -2.12. The molecular formula is C21H18O6-2. The van der Waals surface area contributed by atoms with Crippen LogP contribution in [0.4, 0.5) is 0 Å². The summed E-state index contributed by atoms with van der Waals surface area (Å²) in [6, 6.07) is 8.88. The zero-order chi connectivity index (χ0) is 19.8. The van der Waals surface area contributed by atoms with Gasteiger partial charge in [0.05, 0.1) is 14.2 Å². The standard InChI is InChI=1S/C21H20O6/c1-26-20-11-14(5-9-18(20)24)3-7-16(22)13-17(23)8-4-15-6-10-19(25)21(12-15)27-2/h3-13,22,24-25H,1-2H3/p-2/b7-3+,8-4+,16-13-. The number of ketones is 1. The van der Waals surface area contributed by atoms with E-state index in [0.717, 1.165) is 6.08 Å². The first-order valence-corrected chi connectivity index (χ1v) is 7.94. The number of carbonyl (C=O) groups is 1. The molecule has 1 N–H and O–H groups in total. The molecule has 0 fully saturated rings. The van der Waals surface area contributed by atoms with Gasteiger partial charge in [-0.3, -0.25) is 4.79 Å². The van der Waals surface area contributed by atoms with Gasteiger partial charge in [0.2, 0.25) is 0 Å². The second-order valence-corrected chi connectivity index (χ2v) is 5.46. The van der Waals surface area contributed by atoms with Crippen LogP contribution in [0.5, 0.6) is 23.0 Å². The lowest BCUT2D eigenvalue weighted by atomic mass is 10.1. The number of ether oxygens (including phenoxy) is 2. The number of carbonyl (C=O) groups excluding carboxylic acids is 1. The summed E-state index contributed by atoms with van der Waals surface area (Å²) in [7, 11) is 2.79. The zero-order valence-electron chi connectivity index (χ0n) is 14.8. The Bertz CT molecular complexity index is 909. The van der Waals surface area contributed by atoms with Crippen LogP contribution in [0, 0.1) is 0 Å². The molecule has 140 valence electrons. The van der Waals surface area contributed by atoms with Gasteiger partial charge in [-0.05, 0) is 35.4 Å². The van der Waals surface area contributed by atoms with Crippen LogP contribution in [0.2, 0.25) is 0 Å². The second kappa shape index (κ2) is 9.15. The molecule has 0 atom stereocenters. The molecule has 0 saturated carbocycles. The van der Waals surface area contributed by atoms with Gasteiger partial charge >= 0.3 is 0 Å². The highest BCUT2D eigenvalue weighted by Gasteiger charge is 1.98. The number of aliphatic hydroxyl groups is 1. The quantitative estimate of drug-likeness (QED) is 0.459. The maximum Gasteiger partial charge on any atom is 0.182 e. The topological polar surface area (TPSA) is 102 Å². The van der Waals surface area contributed by atoms with Gasteiger partial charge in [0.15, 0.2) is 5.78 Å². The average Bonchev–Trinajstić information content (AvgIpc) is 2.66. The third-order valence-electron chi connectivity index (χ3n) is 3.55. The Labute approximate surface area is 156 Å². The molecule has 0 aliphatic rings. The summed E-state index contributed by atoms with van der Waals surface area (Å²) in [5.74, 6) is -0.789. The molecule has 27 heavy (non-hydrogen) atoms. The third-order valence-corrected chi connectivity index (χ3v) is 3.55. The molecule has 0 saturated heterocycles. The minimum Gasteiger partial charge on any atom is -0.870 e. The van der Waals surface area contributed by atoms with Crippen LogP contribution in [0.15, 0.2) is 60.4 Å². The van der Waals surface area contributed by atoms with Crippen LogP contribution in [0.25, 0.3) is 12.2 Å². The van der Waals surface area contributed by atoms with Crippen molar-refractivity contribution >= 4 is 17.9 Å². The molecule has 0 bridgehead atoms. The predicted molar refractivity (Wildman–Crippen MR) is 98.7 cm³/mol. The van der Waals surface area contributed by atoms with Crippen molar-refractivity contribution in [3.8, 4) is 23.0 Å². The molecule has 2 rings (SSSR count). The summed E-state index contributed by atoms with van der Waals surface area (Å²) in [6.45, 7) is 0. The molecule has 2 aromatic rings. The molecule has 0 radical (unpaired) electrons. The lowest BCUT2D eigenvalue weighted by Crippen LogP contribution is -1.95. The molecule has 2 aromatic carbocycles. The van der Waals surface area contributed by atoms with Gasteiger partial charge in [0.25, 0.3) is 0 Å². The van der Waals surface area contributed by atoms with Crippen molar-refractivity contribution in [2.45, 2.75) is 0 Å². The monoisotopic (exact) mass is 366 g/mol. The highest BCUT2D eigenvalue weighted by Crippen LogP contribution is 2.25. The zero-order valence-corrected chi connectivity index (χ0v) is 14.8. The van der Waals surface area contributed by atoms with Crippen LogP contribution < -0.4 is 19.7 Å². The summed E-state index contributed by atoms with van der Waals surface area (Å²) in [4.78, 5) is 11.9. The fraction of sp³-hybridized carbons (Fsp3) is 0.0952. The Morgan fingerprint density at radius 1 is 0.889 bits per heavy atom. The molecule has 6 heteroatoms. The van der Waals surface area contributed by atoms with E-state index in [9.17, 15) is 20.1 Å². The fourth-order valence-corrected chi connectivity index (χ4v) is 2.18. The molecule has 0 spiro atoms. The van der Waals surface area contributed by atoms with Gasteiger partial charge in [-0.1, -0.05) is 47.9 Å². The number of hydrogen-bond acceptors (Lipinski definition) is 6. The second-order valence-electron chi connectivity index (χ2n) is 5.46. The first-order chi connectivity index (χ1) is 12.9. The van der Waals surface area contributed by atoms with Gasteiger partial charge in [-0.15, -0.1) is 0 Å². The predicted octanol–water partition coefficient (Wildman–Crippen LogP) is 2.59. The van der Waals surface area contributed by atoms with Crippen LogP contribution in [0.1, 0.15) is 11.1 Å². The Morgan fingerprint density at radius 2 is 1.37 bits per heavy atom. The Morgan fingerprint density at radius 3 is 1.85 bits per heavy atom. The van der Waals surface area contributed by atoms with Crippen LogP contribution in [0.3, 0.4) is 0 Å². The van der Waals surface area contributed by atoms with Crippen LogP contribution >= 0.6 is 0 Å². The van der Waals surface area contributed by atoms with Gasteiger partial charge in [0, 0.05) is 6.08 Å². The van der Waals surface area contributed by atoms with E-state index >= 15 is 0 Å². The molecule has 0 amide bonds. The normalized spacial score (nSPS) is 11.9. The van der Waals surface area contributed by atoms with E-state index in [1.807, 2.05) is 0 Å². The van der Waals surface area contributed by atoms with Crippen molar-refractivity contribution in [2.75, 3.05) is 14.2 Å². The van der Waals surface area contributed by atoms with E-state index in [1.54, 1.807) is 18.2 Å². The number of allylic oxidation sites excluding steroid dienone is 3. The maximum atomic E-state index is 11.9. The Balaban J connectivity index is 2.05. The Hall–Kier alpha value is -3.67. The number of rotatable bonds is 7. The van der Waals surface area contributed by atoms with Crippen molar-refractivity contribution in [2.24, 2.45) is 0 Å². The average molecular weight is 366 g/mol. The molecular weight excluding hydrogens is 348 g/mol. The third kappa shape index (κ3) is 5.67. The lowest BCUT2D eigenvalue weighted by molar-refractivity contribution is -0.270. The van der Waals surface area contributed by atoms with E-state index in [0.29, 0.717) is 11.1 Å². The molecule has 0 aliphatic heterocycles. The van der Waals surface area contributed by atoms with Crippen LogP contribution in [-0.4, -0.2) is 25.1 Å². The summed E-state index contributed by atoms with van der Waals surface area (Å²) >= 11 is 0. The van der Waals surface area contributed by atoms with Gasteiger partial charge in [-0.2, -0.15) is 0 Å². The van der Waals surface area contributed by atoms with Crippen LogP contribution in [-0.2, 0) is 4.79 Å². The van der Waals surface area contributed by atoms with Crippen molar-refractivity contribution in [1.29, 1.82) is 0 Å². The van der Waals surface area contributed by atoms with Gasteiger partial charge < -0.3 is 24.8 Å². The first-order valence-electron chi connectivity index (χ1n) is 7.94. The van der Waals surface area contributed by atoms with Crippen molar-refractivity contribution in [3.63, 3.8) is 0 Å². The number of methoxy groups -OCH3 is 2. The SMILES string of the molecule is COc1cc(/C=C/C(=O)/C=C(O)/C=C/c2ccc([O-])c(OC)c2)ccc1[O-]. The smallest absolute Gasteiger partial charge is 0.182 e. The minimum atomic E-state index is -0.435. The molecule has 0 heterocycles. The van der Waals surface area contributed by atoms with Crippen molar-refractivity contribution in [1.82, 2.24) is 0 Å². The largest absolute Gasteiger partial charge is 0.870 e. The van der Waals surface area contributed by atoms with E-state index in [-0.39, 0.29) is 28.8 Å². The van der Waals surface area contributed by atoms with Gasteiger partial charge in [0.1, 0.15) is 17.3 Å². The van der Waals surface area contributed by atoms with E-state index in [2.05, 4.69) is 0 Å². The highest BCUT2D eigenvalue weighted by atomic mass is 16.5. The van der Waals surface area contributed by atoms with E-state index in [1.165, 1.54) is 56.7 Å². The maximum absolute atomic E-state index is 11.9. The van der Waals surface area contributed by atoms with Crippen molar-refractivity contribution in [3.05, 3.63) is 71.5 Å². The summed E-state index contributed by atoms with van der Waals surface area (Å²) in [5.41, 5.74) is 1.26. The number of benzene rings is 2. The summed E-state index contributed by atoms with van der Waals surface area (Å²) in [5, 5.41) is 32.7. The minimum absolute atomic E-state index is 0.186. The Kier molecular flexibility index (Phi) is 6.66. The molecule has 0 aromatic heterocycles. The summed E-state index contributed by atoms with van der Waals surface area (Å²) in [6.07, 6.45) is 6.70. The molecule has 0 aliphatic carbocycles. The molecule has 6 nitrogen and oxygen atoms in total. The van der Waals surface area contributed by atoms with E-state index in [4.69, 9.17) is 9.47 Å². The number of aliphatic hydroxyl groups excluding tert-OH is 1.